The van der Waals surface area contributed by atoms with E-state index in [-0.39, 0.29) is 43.4 Å². The zero-order valence-electron chi connectivity index (χ0n) is 23.1. The molecule has 1 fully saturated rings. The van der Waals surface area contributed by atoms with E-state index >= 15 is 0 Å². The molecule has 1 aliphatic carbocycles. The summed E-state index contributed by atoms with van der Waals surface area (Å²) < 4.78 is 16.7. The van der Waals surface area contributed by atoms with Gasteiger partial charge < -0.3 is 19.5 Å². The minimum Gasteiger partial charge on any atom is -0.466 e. The average Bonchev–Trinajstić information content (AvgIpc) is 3.29. The Morgan fingerprint density at radius 2 is 1.73 bits per heavy atom. The van der Waals surface area contributed by atoms with Crippen LogP contribution in [0.5, 0.6) is 0 Å². The van der Waals surface area contributed by atoms with Crippen molar-refractivity contribution in [3.8, 4) is 0 Å². The predicted octanol–water partition coefficient (Wildman–Crippen LogP) is 6.00. The minimum atomic E-state index is -0.667. The third-order valence-electron chi connectivity index (χ3n) is 6.61. The van der Waals surface area contributed by atoms with Gasteiger partial charge in [0, 0.05) is 5.02 Å². The third-order valence-corrected chi connectivity index (χ3v) is 6.86. The van der Waals surface area contributed by atoms with Gasteiger partial charge in [0.1, 0.15) is 5.60 Å². The topological polar surface area (TPSA) is 90.9 Å². The maximum atomic E-state index is 13.7. The first-order valence-electron chi connectivity index (χ1n) is 13.5. The van der Waals surface area contributed by atoms with Gasteiger partial charge in [-0.15, -0.1) is 0 Å². The lowest BCUT2D eigenvalue weighted by Crippen LogP contribution is -2.48. The smallest absolute Gasteiger partial charge is 0.309 e. The molecular weight excluding hydrogens is 494 g/mol. The Hall–Kier alpha value is -2.12. The largest absolute Gasteiger partial charge is 0.466 e. The van der Waals surface area contributed by atoms with Crippen molar-refractivity contribution in [3.05, 3.63) is 34.9 Å². The molecule has 1 aliphatic rings. The van der Waals surface area contributed by atoms with Gasteiger partial charge in [0.2, 0.25) is 5.91 Å². The van der Waals surface area contributed by atoms with Crippen LogP contribution in [0.4, 0.5) is 0 Å². The SMILES string of the molecule is CCC[C@H](CC1(C(=O)N[C@@H](COCc2ccc(Cl)cc2)CC(=O)OCC)CCCC1)C(=O)OC(C)(C)C. The normalized spacial score (nSPS) is 16.6. The molecule has 0 heterocycles. The lowest BCUT2D eigenvalue weighted by Gasteiger charge is -2.34. The van der Waals surface area contributed by atoms with E-state index in [1.165, 1.54) is 0 Å². The molecule has 0 unspecified atom stereocenters. The highest BCUT2D eigenvalue weighted by molar-refractivity contribution is 6.30. The molecule has 2 atom stereocenters. The number of esters is 2. The summed E-state index contributed by atoms with van der Waals surface area (Å²) in [6, 6.07) is 6.79. The molecule has 1 N–H and O–H groups in total. The van der Waals surface area contributed by atoms with Crippen LogP contribution in [0.25, 0.3) is 0 Å². The van der Waals surface area contributed by atoms with Crippen LogP contribution in [0.15, 0.2) is 24.3 Å². The Kier molecular flexibility index (Phi) is 12.4. The number of rotatable bonds is 14. The molecule has 0 aromatic heterocycles. The number of hydrogen-bond donors (Lipinski definition) is 1. The van der Waals surface area contributed by atoms with Gasteiger partial charge in [-0.05, 0) is 71.1 Å². The first kappa shape index (κ1) is 31.1. The number of carbonyl (C=O) groups is 3. The quantitative estimate of drug-likeness (QED) is 0.292. The fourth-order valence-corrected chi connectivity index (χ4v) is 5.02. The molecule has 0 aliphatic heterocycles. The van der Waals surface area contributed by atoms with Gasteiger partial charge in [-0.2, -0.15) is 0 Å². The van der Waals surface area contributed by atoms with Gasteiger partial charge in [0.05, 0.1) is 43.6 Å². The molecule has 0 radical (unpaired) electrons. The van der Waals surface area contributed by atoms with Gasteiger partial charge in [-0.1, -0.05) is 49.9 Å². The molecule has 37 heavy (non-hydrogen) atoms. The number of amides is 1. The number of benzene rings is 1. The zero-order valence-corrected chi connectivity index (χ0v) is 23.8. The van der Waals surface area contributed by atoms with E-state index in [0.717, 1.165) is 24.8 Å². The van der Waals surface area contributed by atoms with E-state index < -0.39 is 17.1 Å². The van der Waals surface area contributed by atoms with Crippen molar-refractivity contribution in [1.29, 1.82) is 0 Å². The third kappa shape index (κ3) is 10.6. The van der Waals surface area contributed by atoms with Crippen LogP contribution in [0.2, 0.25) is 5.02 Å². The van der Waals surface area contributed by atoms with E-state index in [4.69, 9.17) is 25.8 Å². The second kappa shape index (κ2) is 14.7. The molecule has 0 saturated heterocycles. The summed E-state index contributed by atoms with van der Waals surface area (Å²) in [5, 5.41) is 3.73. The second-order valence-electron chi connectivity index (χ2n) is 11.0. The maximum absolute atomic E-state index is 13.7. The number of hydrogen-bond acceptors (Lipinski definition) is 6. The molecule has 7 nitrogen and oxygen atoms in total. The number of nitrogens with one attached hydrogen (secondary N) is 1. The average molecular weight is 538 g/mol. The van der Waals surface area contributed by atoms with Crippen molar-refractivity contribution in [2.75, 3.05) is 13.2 Å². The van der Waals surface area contributed by atoms with Crippen molar-refractivity contribution in [2.24, 2.45) is 11.3 Å². The van der Waals surface area contributed by atoms with E-state index in [9.17, 15) is 14.4 Å². The fraction of sp³-hybridized carbons (Fsp3) is 0.690. The summed E-state index contributed by atoms with van der Waals surface area (Å²) in [5.41, 5.74) is -0.308. The van der Waals surface area contributed by atoms with Crippen LogP contribution in [-0.2, 0) is 35.2 Å². The van der Waals surface area contributed by atoms with Crippen molar-refractivity contribution in [1.82, 2.24) is 5.32 Å². The molecular formula is C29H44ClNO6. The Morgan fingerprint density at radius 1 is 1.08 bits per heavy atom. The fourth-order valence-electron chi connectivity index (χ4n) is 4.90. The number of carbonyl (C=O) groups excluding carboxylic acids is 3. The van der Waals surface area contributed by atoms with E-state index in [2.05, 4.69) is 5.32 Å². The molecule has 0 bridgehead atoms. The number of halogens is 1. The predicted molar refractivity (Wildman–Crippen MR) is 144 cm³/mol. The van der Waals surface area contributed by atoms with Gasteiger partial charge in [0.25, 0.3) is 0 Å². The zero-order chi connectivity index (χ0) is 27.5. The molecule has 0 spiro atoms. The molecule has 1 aromatic rings. The molecule has 1 aromatic carbocycles. The Labute approximate surface area is 226 Å². The number of ether oxygens (including phenoxy) is 3. The lowest BCUT2D eigenvalue weighted by atomic mass is 9.75. The highest BCUT2D eigenvalue weighted by Gasteiger charge is 2.45. The minimum absolute atomic E-state index is 0.0146. The standard InChI is InChI=1S/C29H44ClNO6/c1-6-10-22(26(33)37-28(3,4)5)18-29(15-8-9-16-29)27(34)31-24(17-25(32)36-7-2)20-35-19-21-11-13-23(30)14-12-21/h11-14,22,24H,6-10,15-20H2,1-5H3,(H,31,34)/t22-,24-/m1/s1. The van der Waals surface area contributed by atoms with Gasteiger partial charge >= 0.3 is 11.9 Å². The Bertz CT molecular complexity index is 873. The van der Waals surface area contributed by atoms with Gasteiger partial charge in [-0.25, -0.2) is 0 Å². The van der Waals surface area contributed by atoms with E-state index in [0.29, 0.717) is 37.3 Å². The summed E-state index contributed by atoms with van der Waals surface area (Å²) in [4.78, 5) is 39.0. The summed E-state index contributed by atoms with van der Waals surface area (Å²) in [6.45, 7) is 10.1. The van der Waals surface area contributed by atoms with Crippen LogP contribution in [0, 0.1) is 11.3 Å². The summed E-state index contributed by atoms with van der Waals surface area (Å²) >= 11 is 5.95. The van der Waals surface area contributed by atoms with Gasteiger partial charge in [-0.3, -0.25) is 14.4 Å². The molecule has 1 amide bonds. The highest BCUT2D eigenvalue weighted by atomic mass is 35.5. The Balaban J connectivity index is 2.13. The van der Waals surface area contributed by atoms with Crippen molar-refractivity contribution in [3.63, 3.8) is 0 Å². The van der Waals surface area contributed by atoms with Crippen LogP contribution in [-0.4, -0.2) is 42.7 Å². The summed E-state index contributed by atoms with van der Waals surface area (Å²) in [7, 11) is 0. The molecule has 8 heteroatoms. The van der Waals surface area contributed by atoms with Crippen LogP contribution < -0.4 is 5.32 Å². The van der Waals surface area contributed by atoms with Crippen molar-refractivity contribution >= 4 is 29.4 Å². The molecule has 2 rings (SSSR count). The van der Waals surface area contributed by atoms with Crippen LogP contribution in [0.3, 0.4) is 0 Å². The molecule has 1 saturated carbocycles. The first-order chi connectivity index (χ1) is 17.5. The first-order valence-corrected chi connectivity index (χ1v) is 13.9. The highest BCUT2D eigenvalue weighted by Crippen LogP contribution is 2.45. The van der Waals surface area contributed by atoms with Crippen molar-refractivity contribution < 1.29 is 28.6 Å². The van der Waals surface area contributed by atoms with Gasteiger partial charge in [0.15, 0.2) is 0 Å². The maximum Gasteiger partial charge on any atom is 0.309 e. The summed E-state index contributed by atoms with van der Waals surface area (Å²) in [5.74, 6) is -1.11. The van der Waals surface area contributed by atoms with Crippen LogP contribution in [0.1, 0.15) is 91.5 Å². The lowest BCUT2D eigenvalue weighted by molar-refractivity contribution is -0.162. The second-order valence-corrected chi connectivity index (χ2v) is 11.5. The molecule has 208 valence electrons. The Morgan fingerprint density at radius 3 is 2.30 bits per heavy atom. The monoisotopic (exact) mass is 537 g/mol. The van der Waals surface area contributed by atoms with Crippen molar-refractivity contribution in [2.45, 2.75) is 104 Å². The van der Waals surface area contributed by atoms with E-state index in [1.54, 1.807) is 19.1 Å². The van der Waals surface area contributed by atoms with E-state index in [1.807, 2.05) is 39.8 Å². The van der Waals surface area contributed by atoms with Crippen LogP contribution >= 0.6 is 11.6 Å². The summed E-state index contributed by atoms with van der Waals surface area (Å²) in [6.07, 6.45) is 5.22.